The summed E-state index contributed by atoms with van der Waals surface area (Å²) in [6, 6.07) is 0. The van der Waals surface area contributed by atoms with Crippen LogP contribution in [-0.2, 0) is 11.3 Å². The zero-order valence-electron chi connectivity index (χ0n) is 12.0. The maximum atomic E-state index is 12.0. The van der Waals surface area contributed by atoms with Gasteiger partial charge in [-0.25, -0.2) is 9.48 Å². The van der Waals surface area contributed by atoms with Crippen LogP contribution in [-0.4, -0.2) is 38.5 Å². The van der Waals surface area contributed by atoms with Crippen LogP contribution >= 0.6 is 0 Å². The molecule has 0 spiro atoms. The van der Waals surface area contributed by atoms with Crippen LogP contribution in [0.1, 0.15) is 50.0 Å². The lowest BCUT2D eigenvalue weighted by Crippen LogP contribution is -2.33. The van der Waals surface area contributed by atoms with Crippen molar-refractivity contribution in [2.75, 3.05) is 6.54 Å². The first-order valence-electron chi connectivity index (χ1n) is 6.99. The van der Waals surface area contributed by atoms with Crippen LogP contribution in [0.2, 0.25) is 0 Å². The van der Waals surface area contributed by atoms with Gasteiger partial charge < -0.3 is 10.4 Å². The molecule has 1 heterocycles. The Balaban J connectivity index is 2.38. The Bertz CT molecular complexity index is 439. The molecule has 0 saturated carbocycles. The SMILES string of the molecule is CCCC(CCC)C(=O)NCCn1cc(C(=O)O)nn1. The Morgan fingerprint density at radius 2 is 2.00 bits per heavy atom. The predicted octanol–water partition coefficient (Wildman–Crippen LogP) is 1.31. The van der Waals surface area contributed by atoms with E-state index in [4.69, 9.17) is 5.11 Å². The molecule has 20 heavy (non-hydrogen) atoms. The minimum atomic E-state index is -1.11. The molecule has 2 N–H and O–H groups in total. The van der Waals surface area contributed by atoms with Crippen molar-refractivity contribution in [3.8, 4) is 0 Å². The highest BCUT2D eigenvalue weighted by Gasteiger charge is 2.16. The van der Waals surface area contributed by atoms with Gasteiger partial charge in [0.1, 0.15) is 0 Å². The maximum Gasteiger partial charge on any atom is 0.358 e. The van der Waals surface area contributed by atoms with E-state index in [0.717, 1.165) is 25.7 Å². The third-order valence-corrected chi connectivity index (χ3v) is 3.04. The highest BCUT2D eigenvalue weighted by molar-refractivity contribution is 5.84. The Morgan fingerprint density at radius 3 is 2.50 bits per heavy atom. The second kappa shape index (κ2) is 8.29. The lowest BCUT2D eigenvalue weighted by atomic mass is 9.97. The smallest absolute Gasteiger partial charge is 0.358 e. The molecule has 0 saturated heterocycles. The molecule has 0 aromatic carbocycles. The number of rotatable bonds is 9. The minimum absolute atomic E-state index is 0.0623. The van der Waals surface area contributed by atoms with Gasteiger partial charge in [-0.3, -0.25) is 4.79 Å². The van der Waals surface area contributed by atoms with E-state index in [-0.39, 0.29) is 17.5 Å². The van der Waals surface area contributed by atoms with E-state index in [1.54, 1.807) is 0 Å². The first-order chi connectivity index (χ1) is 9.58. The van der Waals surface area contributed by atoms with Crippen molar-refractivity contribution in [3.63, 3.8) is 0 Å². The monoisotopic (exact) mass is 282 g/mol. The van der Waals surface area contributed by atoms with E-state index in [1.165, 1.54) is 10.9 Å². The number of carboxylic acids is 1. The molecule has 0 atom stereocenters. The van der Waals surface area contributed by atoms with Crippen LogP contribution in [0.3, 0.4) is 0 Å². The number of hydrogen-bond acceptors (Lipinski definition) is 4. The number of carbonyl (C=O) groups excluding carboxylic acids is 1. The molecule has 1 rings (SSSR count). The van der Waals surface area contributed by atoms with Gasteiger partial charge in [0.05, 0.1) is 12.7 Å². The number of aromatic nitrogens is 3. The van der Waals surface area contributed by atoms with Gasteiger partial charge in [0.25, 0.3) is 0 Å². The maximum absolute atomic E-state index is 12.0. The van der Waals surface area contributed by atoms with Gasteiger partial charge >= 0.3 is 5.97 Å². The van der Waals surface area contributed by atoms with Crippen molar-refractivity contribution < 1.29 is 14.7 Å². The molecular weight excluding hydrogens is 260 g/mol. The van der Waals surface area contributed by atoms with Crippen molar-refractivity contribution in [1.82, 2.24) is 20.3 Å². The summed E-state index contributed by atoms with van der Waals surface area (Å²) in [5.74, 6) is -0.978. The molecule has 0 unspecified atom stereocenters. The van der Waals surface area contributed by atoms with Crippen molar-refractivity contribution >= 4 is 11.9 Å². The van der Waals surface area contributed by atoms with Crippen molar-refractivity contribution in [1.29, 1.82) is 0 Å². The zero-order valence-corrected chi connectivity index (χ0v) is 12.0. The topological polar surface area (TPSA) is 97.1 Å². The zero-order chi connectivity index (χ0) is 15.0. The van der Waals surface area contributed by atoms with Gasteiger partial charge in [0.15, 0.2) is 5.69 Å². The standard InChI is InChI=1S/C13H22N4O3/c1-3-5-10(6-4-2)12(18)14-7-8-17-9-11(13(19)20)15-16-17/h9-10H,3-8H2,1-2H3,(H,14,18)(H,19,20). The fourth-order valence-electron chi connectivity index (χ4n) is 2.05. The van der Waals surface area contributed by atoms with Gasteiger partial charge in [0.2, 0.25) is 5.91 Å². The molecule has 112 valence electrons. The van der Waals surface area contributed by atoms with Crippen LogP contribution in [0.4, 0.5) is 0 Å². The summed E-state index contributed by atoms with van der Waals surface area (Å²) >= 11 is 0. The molecule has 1 aromatic heterocycles. The van der Waals surface area contributed by atoms with Gasteiger partial charge in [0, 0.05) is 12.5 Å². The number of carbonyl (C=O) groups is 2. The summed E-state index contributed by atoms with van der Waals surface area (Å²) in [6.45, 7) is 4.97. The first kappa shape index (κ1) is 16.1. The van der Waals surface area contributed by atoms with Crippen LogP contribution < -0.4 is 5.32 Å². The van der Waals surface area contributed by atoms with E-state index in [2.05, 4.69) is 29.5 Å². The van der Waals surface area contributed by atoms with E-state index in [9.17, 15) is 9.59 Å². The average molecular weight is 282 g/mol. The molecule has 0 aliphatic rings. The van der Waals surface area contributed by atoms with Crippen LogP contribution in [0.25, 0.3) is 0 Å². The largest absolute Gasteiger partial charge is 0.476 e. The number of hydrogen-bond donors (Lipinski definition) is 2. The van der Waals surface area contributed by atoms with E-state index in [0.29, 0.717) is 13.1 Å². The lowest BCUT2D eigenvalue weighted by molar-refractivity contribution is -0.125. The molecular formula is C13H22N4O3. The van der Waals surface area contributed by atoms with Gasteiger partial charge in [-0.05, 0) is 12.8 Å². The quantitative estimate of drug-likeness (QED) is 0.711. The Labute approximate surface area is 118 Å². The predicted molar refractivity (Wildman–Crippen MR) is 73.3 cm³/mol. The molecule has 1 amide bonds. The lowest BCUT2D eigenvalue weighted by Gasteiger charge is -2.15. The summed E-state index contributed by atoms with van der Waals surface area (Å²) in [4.78, 5) is 22.6. The summed E-state index contributed by atoms with van der Waals surface area (Å²) in [5, 5.41) is 18.8. The molecule has 0 aliphatic heterocycles. The number of nitrogens with one attached hydrogen (secondary N) is 1. The Kier molecular flexibility index (Phi) is 6.69. The molecule has 0 fully saturated rings. The third kappa shape index (κ3) is 4.99. The number of nitrogens with zero attached hydrogens (tertiary/aromatic N) is 3. The first-order valence-corrected chi connectivity index (χ1v) is 6.99. The molecule has 7 heteroatoms. The van der Waals surface area contributed by atoms with Crippen LogP contribution in [0, 0.1) is 5.92 Å². The van der Waals surface area contributed by atoms with Crippen molar-refractivity contribution in [3.05, 3.63) is 11.9 Å². The van der Waals surface area contributed by atoms with E-state index < -0.39 is 5.97 Å². The fraction of sp³-hybridized carbons (Fsp3) is 0.692. The minimum Gasteiger partial charge on any atom is -0.476 e. The number of aromatic carboxylic acids is 1. The highest BCUT2D eigenvalue weighted by atomic mass is 16.4. The van der Waals surface area contributed by atoms with Crippen molar-refractivity contribution in [2.24, 2.45) is 5.92 Å². The molecule has 0 aliphatic carbocycles. The molecule has 0 bridgehead atoms. The number of amides is 1. The van der Waals surface area contributed by atoms with E-state index >= 15 is 0 Å². The molecule has 1 aromatic rings. The average Bonchev–Trinajstić information content (AvgIpc) is 2.87. The van der Waals surface area contributed by atoms with Crippen molar-refractivity contribution in [2.45, 2.75) is 46.1 Å². The Morgan fingerprint density at radius 1 is 1.35 bits per heavy atom. The van der Waals surface area contributed by atoms with Crippen LogP contribution in [0.5, 0.6) is 0 Å². The van der Waals surface area contributed by atoms with E-state index in [1.807, 2.05) is 0 Å². The summed E-state index contributed by atoms with van der Waals surface area (Å²) in [5.41, 5.74) is -0.0915. The fourth-order valence-corrected chi connectivity index (χ4v) is 2.05. The molecule has 0 radical (unpaired) electrons. The van der Waals surface area contributed by atoms with Gasteiger partial charge in [-0.15, -0.1) is 5.10 Å². The summed E-state index contributed by atoms with van der Waals surface area (Å²) in [6.07, 6.45) is 5.12. The normalized spacial score (nSPS) is 10.8. The van der Waals surface area contributed by atoms with Gasteiger partial charge in [-0.1, -0.05) is 31.9 Å². The second-order valence-electron chi connectivity index (χ2n) is 4.74. The molecule has 7 nitrogen and oxygen atoms in total. The van der Waals surface area contributed by atoms with Crippen LogP contribution in [0.15, 0.2) is 6.20 Å². The second-order valence-corrected chi connectivity index (χ2v) is 4.74. The highest BCUT2D eigenvalue weighted by Crippen LogP contribution is 2.13. The summed E-state index contributed by atoms with van der Waals surface area (Å²) in [7, 11) is 0. The summed E-state index contributed by atoms with van der Waals surface area (Å²) < 4.78 is 1.42. The Hall–Kier alpha value is -1.92. The van der Waals surface area contributed by atoms with Gasteiger partial charge in [-0.2, -0.15) is 0 Å². The number of carboxylic acid groups (broad SMARTS) is 1. The third-order valence-electron chi connectivity index (χ3n) is 3.04.